The first kappa shape index (κ1) is 14.3. The van der Waals surface area contributed by atoms with E-state index in [1.807, 2.05) is 0 Å². The van der Waals surface area contributed by atoms with Gasteiger partial charge in [0.15, 0.2) is 0 Å². The molecule has 3 aliphatic heterocycles. The summed E-state index contributed by atoms with van der Waals surface area (Å²) >= 11 is 0. The summed E-state index contributed by atoms with van der Waals surface area (Å²) < 4.78 is 5.38. The van der Waals surface area contributed by atoms with Crippen LogP contribution in [0.5, 0.6) is 0 Å². The SMILES string of the molecule is O=C(O)CC1CC2CCC1CN2CCN1CCOCC1. The Bertz CT molecular complexity index is 344. The molecule has 0 radical (unpaired) electrons. The van der Waals surface area contributed by atoms with Gasteiger partial charge in [-0.3, -0.25) is 14.6 Å². The zero-order valence-corrected chi connectivity index (χ0v) is 12.2. The van der Waals surface area contributed by atoms with Crippen molar-refractivity contribution in [1.82, 2.24) is 9.80 Å². The van der Waals surface area contributed by atoms with Gasteiger partial charge in [0.25, 0.3) is 0 Å². The van der Waals surface area contributed by atoms with Crippen molar-refractivity contribution >= 4 is 5.97 Å². The maximum atomic E-state index is 10.9. The molecule has 3 heterocycles. The first-order valence-electron chi connectivity index (χ1n) is 7.98. The van der Waals surface area contributed by atoms with Gasteiger partial charge in [0.05, 0.1) is 13.2 Å². The Morgan fingerprint density at radius 3 is 2.65 bits per heavy atom. The Kier molecular flexibility index (Phi) is 4.58. The van der Waals surface area contributed by atoms with E-state index in [1.54, 1.807) is 0 Å². The molecule has 0 aromatic carbocycles. The van der Waals surface area contributed by atoms with Gasteiger partial charge >= 0.3 is 5.97 Å². The van der Waals surface area contributed by atoms with Crippen LogP contribution in [-0.2, 0) is 9.53 Å². The molecule has 4 fully saturated rings. The van der Waals surface area contributed by atoms with Gasteiger partial charge in [-0.1, -0.05) is 0 Å². The highest BCUT2D eigenvalue weighted by molar-refractivity contribution is 5.67. The summed E-state index contributed by atoms with van der Waals surface area (Å²) in [5, 5.41) is 9.00. The molecule has 3 saturated heterocycles. The average Bonchev–Trinajstić information content (AvgIpc) is 2.46. The smallest absolute Gasteiger partial charge is 0.303 e. The summed E-state index contributed by atoms with van der Waals surface area (Å²) in [6.07, 6.45) is 3.97. The average molecular weight is 282 g/mol. The van der Waals surface area contributed by atoms with E-state index in [4.69, 9.17) is 9.84 Å². The van der Waals surface area contributed by atoms with Gasteiger partial charge in [-0.15, -0.1) is 0 Å². The number of fused-ring (bicyclic) bond motifs is 3. The Morgan fingerprint density at radius 1 is 1.20 bits per heavy atom. The Morgan fingerprint density at radius 2 is 2.00 bits per heavy atom. The molecule has 1 aliphatic carbocycles. The molecule has 0 spiro atoms. The fourth-order valence-electron chi connectivity index (χ4n) is 4.17. The number of hydrogen-bond acceptors (Lipinski definition) is 4. The quantitative estimate of drug-likeness (QED) is 0.812. The van der Waals surface area contributed by atoms with Crippen molar-refractivity contribution in [3.05, 3.63) is 0 Å². The number of hydrogen-bond donors (Lipinski definition) is 1. The Hall–Kier alpha value is -0.650. The standard InChI is InChI=1S/C15H26N2O3/c18-15(19)10-13-9-14-2-1-12(13)11-17(14)4-3-16-5-7-20-8-6-16/h12-14H,1-11H2,(H,18,19). The molecule has 3 unspecified atom stereocenters. The van der Waals surface area contributed by atoms with Crippen LogP contribution in [0.25, 0.3) is 0 Å². The van der Waals surface area contributed by atoms with E-state index >= 15 is 0 Å². The molecular formula is C15H26N2O3. The van der Waals surface area contributed by atoms with Gasteiger partial charge in [-0.25, -0.2) is 0 Å². The largest absolute Gasteiger partial charge is 0.481 e. The highest BCUT2D eigenvalue weighted by Gasteiger charge is 2.40. The molecule has 1 N–H and O–H groups in total. The zero-order chi connectivity index (χ0) is 13.9. The van der Waals surface area contributed by atoms with Gasteiger partial charge in [-0.2, -0.15) is 0 Å². The summed E-state index contributed by atoms with van der Waals surface area (Å²) in [6, 6.07) is 0.630. The minimum Gasteiger partial charge on any atom is -0.481 e. The second-order valence-electron chi connectivity index (χ2n) is 6.53. The van der Waals surface area contributed by atoms with Crippen LogP contribution in [0.2, 0.25) is 0 Å². The molecule has 2 bridgehead atoms. The van der Waals surface area contributed by atoms with E-state index < -0.39 is 5.97 Å². The first-order chi connectivity index (χ1) is 9.72. The van der Waals surface area contributed by atoms with Crippen LogP contribution in [0.15, 0.2) is 0 Å². The van der Waals surface area contributed by atoms with Crippen LogP contribution >= 0.6 is 0 Å². The summed E-state index contributed by atoms with van der Waals surface area (Å²) in [6.45, 7) is 7.25. The number of carbonyl (C=O) groups is 1. The molecule has 5 nitrogen and oxygen atoms in total. The topological polar surface area (TPSA) is 53.0 Å². The molecule has 114 valence electrons. The predicted molar refractivity (Wildman–Crippen MR) is 75.7 cm³/mol. The van der Waals surface area contributed by atoms with Gasteiger partial charge < -0.3 is 9.84 Å². The van der Waals surface area contributed by atoms with Crippen molar-refractivity contribution in [2.45, 2.75) is 31.7 Å². The number of carboxylic acid groups (broad SMARTS) is 1. The lowest BCUT2D eigenvalue weighted by molar-refractivity contribution is -0.140. The fraction of sp³-hybridized carbons (Fsp3) is 0.933. The van der Waals surface area contributed by atoms with Crippen molar-refractivity contribution in [3.63, 3.8) is 0 Å². The van der Waals surface area contributed by atoms with Gasteiger partial charge in [0, 0.05) is 45.2 Å². The van der Waals surface area contributed by atoms with Gasteiger partial charge in [0.1, 0.15) is 0 Å². The first-order valence-corrected chi connectivity index (χ1v) is 7.98. The van der Waals surface area contributed by atoms with Gasteiger partial charge in [-0.05, 0) is 31.1 Å². The second kappa shape index (κ2) is 6.41. The number of ether oxygens (including phenoxy) is 1. The number of piperidine rings is 2. The Labute approximate surface area is 120 Å². The monoisotopic (exact) mass is 282 g/mol. The third-order valence-electron chi connectivity index (χ3n) is 5.34. The number of nitrogens with zero attached hydrogens (tertiary/aromatic N) is 2. The lowest BCUT2D eigenvalue weighted by Crippen LogP contribution is -2.54. The van der Waals surface area contributed by atoms with Crippen molar-refractivity contribution in [2.24, 2.45) is 11.8 Å². The highest BCUT2D eigenvalue weighted by atomic mass is 16.5. The van der Waals surface area contributed by atoms with Crippen LogP contribution in [0, 0.1) is 11.8 Å². The van der Waals surface area contributed by atoms with Gasteiger partial charge in [0.2, 0.25) is 0 Å². The Balaban J connectivity index is 1.47. The van der Waals surface area contributed by atoms with Crippen LogP contribution in [0.1, 0.15) is 25.7 Å². The summed E-state index contributed by atoms with van der Waals surface area (Å²) in [4.78, 5) is 16.0. The molecule has 0 aromatic heterocycles. The molecule has 5 heteroatoms. The molecule has 3 atom stereocenters. The van der Waals surface area contributed by atoms with Crippen molar-refractivity contribution in [3.8, 4) is 0 Å². The summed E-state index contributed by atoms with van der Waals surface area (Å²) in [5.41, 5.74) is 0. The molecule has 4 aliphatic rings. The van der Waals surface area contributed by atoms with Crippen LogP contribution in [-0.4, -0.2) is 72.9 Å². The van der Waals surface area contributed by atoms with E-state index in [0.29, 0.717) is 24.3 Å². The van der Waals surface area contributed by atoms with Crippen LogP contribution in [0.4, 0.5) is 0 Å². The maximum absolute atomic E-state index is 10.9. The number of morpholine rings is 1. The fourth-order valence-corrected chi connectivity index (χ4v) is 4.17. The molecule has 4 rings (SSSR count). The molecule has 0 aromatic rings. The number of aliphatic carboxylic acids is 1. The lowest BCUT2D eigenvalue weighted by atomic mass is 9.71. The maximum Gasteiger partial charge on any atom is 0.303 e. The number of carboxylic acids is 1. The van der Waals surface area contributed by atoms with E-state index in [1.165, 1.54) is 12.8 Å². The molecule has 1 saturated carbocycles. The minimum atomic E-state index is -0.623. The summed E-state index contributed by atoms with van der Waals surface area (Å²) in [5.74, 6) is 0.411. The minimum absolute atomic E-state index is 0.373. The van der Waals surface area contributed by atoms with Crippen LogP contribution < -0.4 is 0 Å². The van der Waals surface area contributed by atoms with E-state index in [0.717, 1.165) is 52.4 Å². The second-order valence-corrected chi connectivity index (χ2v) is 6.53. The molecular weight excluding hydrogens is 256 g/mol. The van der Waals surface area contributed by atoms with Crippen molar-refractivity contribution in [1.29, 1.82) is 0 Å². The number of rotatable bonds is 5. The van der Waals surface area contributed by atoms with Crippen LogP contribution in [0.3, 0.4) is 0 Å². The molecule has 0 amide bonds. The van der Waals surface area contributed by atoms with E-state index in [9.17, 15) is 4.79 Å². The third kappa shape index (κ3) is 3.32. The third-order valence-corrected chi connectivity index (χ3v) is 5.34. The van der Waals surface area contributed by atoms with Crippen molar-refractivity contribution < 1.29 is 14.6 Å². The van der Waals surface area contributed by atoms with E-state index in [-0.39, 0.29) is 0 Å². The molecule has 20 heavy (non-hydrogen) atoms. The van der Waals surface area contributed by atoms with Crippen molar-refractivity contribution in [2.75, 3.05) is 45.9 Å². The zero-order valence-electron chi connectivity index (χ0n) is 12.2. The summed E-state index contributed by atoms with van der Waals surface area (Å²) in [7, 11) is 0. The highest BCUT2D eigenvalue weighted by Crippen LogP contribution is 2.40. The predicted octanol–water partition coefficient (Wildman–Crippen LogP) is 0.894. The lowest BCUT2D eigenvalue weighted by Gasteiger charge is -2.50. The normalized spacial score (nSPS) is 35.3. The van der Waals surface area contributed by atoms with E-state index in [2.05, 4.69) is 9.80 Å².